The Kier molecular flexibility index (Phi) is 4.65. The molecule has 108 valence electrons. The molecule has 1 heterocycles. The zero-order valence-corrected chi connectivity index (χ0v) is 14.0. The second-order valence-corrected chi connectivity index (χ2v) is 10.3. The minimum Gasteiger partial charge on any atom is -0.366 e. The van der Waals surface area contributed by atoms with Crippen LogP contribution in [0.25, 0.3) is 0 Å². The maximum absolute atomic E-state index is 4.38. The van der Waals surface area contributed by atoms with E-state index in [0.717, 1.165) is 0 Å². The lowest BCUT2D eigenvalue weighted by Gasteiger charge is -2.42. The summed E-state index contributed by atoms with van der Waals surface area (Å²) in [4.78, 5) is 0. The minimum absolute atomic E-state index is 1.23. The Morgan fingerprint density at radius 3 is 2.05 bits per heavy atom. The van der Waals surface area contributed by atoms with Crippen molar-refractivity contribution in [2.24, 2.45) is 7.05 Å². The van der Waals surface area contributed by atoms with E-state index in [9.17, 15) is 0 Å². The van der Waals surface area contributed by atoms with Gasteiger partial charge >= 0.3 is 0 Å². The number of para-hydroxylation sites is 1. The summed E-state index contributed by atoms with van der Waals surface area (Å²) in [5.74, 6) is 0. The molecule has 0 aliphatic carbocycles. The van der Waals surface area contributed by atoms with Gasteiger partial charge in [0.1, 0.15) is 0 Å². The van der Waals surface area contributed by atoms with Crippen LogP contribution in [0.4, 0.5) is 11.4 Å². The van der Waals surface area contributed by atoms with Crippen LogP contribution in [0.5, 0.6) is 0 Å². The van der Waals surface area contributed by atoms with E-state index in [-0.39, 0.29) is 0 Å². The minimum atomic E-state index is -1.54. The molecule has 0 saturated carbocycles. The highest BCUT2D eigenvalue weighted by atomic mass is 28.3. The summed E-state index contributed by atoms with van der Waals surface area (Å²) in [7, 11) is 0.451. The Bertz CT molecular complexity index is 523. The van der Waals surface area contributed by atoms with Gasteiger partial charge in [-0.2, -0.15) is 5.10 Å². The highest BCUT2D eigenvalue weighted by Gasteiger charge is 2.36. The number of nitrogens with zero attached hydrogens (tertiary/aromatic N) is 3. The van der Waals surface area contributed by atoms with Crippen LogP contribution in [-0.4, -0.2) is 18.0 Å². The number of rotatable bonds is 6. The van der Waals surface area contributed by atoms with E-state index >= 15 is 0 Å². The SMILES string of the molecule is CC[Si](CC)(CC)N(c1ccccc1)c1cnn(C)c1. The van der Waals surface area contributed by atoms with Crippen LogP contribution in [0.15, 0.2) is 42.7 Å². The van der Waals surface area contributed by atoms with Crippen LogP contribution in [-0.2, 0) is 7.05 Å². The van der Waals surface area contributed by atoms with Crippen molar-refractivity contribution in [2.45, 2.75) is 38.9 Å². The van der Waals surface area contributed by atoms with Crippen LogP contribution in [0.2, 0.25) is 18.1 Å². The van der Waals surface area contributed by atoms with E-state index in [2.05, 4.69) is 67.0 Å². The zero-order chi connectivity index (χ0) is 14.6. The van der Waals surface area contributed by atoms with E-state index in [1.807, 2.05) is 17.9 Å². The van der Waals surface area contributed by atoms with Gasteiger partial charge in [-0.15, -0.1) is 0 Å². The fourth-order valence-electron chi connectivity index (χ4n) is 3.02. The Hall–Kier alpha value is -1.55. The second-order valence-electron chi connectivity index (χ2n) is 5.33. The molecule has 20 heavy (non-hydrogen) atoms. The van der Waals surface area contributed by atoms with Gasteiger partial charge in [-0.05, 0) is 30.3 Å². The lowest BCUT2D eigenvalue weighted by atomic mass is 10.3. The third-order valence-corrected chi connectivity index (χ3v) is 9.83. The first kappa shape index (κ1) is 14.8. The van der Waals surface area contributed by atoms with Crippen LogP contribution >= 0.6 is 0 Å². The molecule has 1 aromatic heterocycles. The molecule has 0 bridgehead atoms. The standard InChI is InChI=1S/C16H25N3Si/c1-5-20(6-2,7-3)19(15-11-9-8-10-12-15)16-13-17-18(4)14-16/h8-14H,5-7H2,1-4H3. The van der Waals surface area contributed by atoms with Crippen LogP contribution in [0, 0.1) is 0 Å². The van der Waals surface area contributed by atoms with Crippen molar-refractivity contribution >= 4 is 19.6 Å². The zero-order valence-electron chi connectivity index (χ0n) is 13.0. The quantitative estimate of drug-likeness (QED) is 0.726. The predicted molar refractivity (Wildman–Crippen MR) is 89.0 cm³/mol. The lowest BCUT2D eigenvalue weighted by Crippen LogP contribution is -2.49. The molecule has 2 aromatic rings. The van der Waals surface area contributed by atoms with E-state index < -0.39 is 8.24 Å². The first-order valence-corrected chi connectivity index (χ1v) is 10.1. The van der Waals surface area contributed by atoms with Gasteiger partial charge in [0, 0.05) is 18.9 Å². The van der Waals surface area contributed by atoms with Crippen molar-refractivity contribution < 1.29 is 0 Å². The molecule has 4 heteroatoms. The van der Waals surface area contributed by atoms with Crippen molar-refractivity contribution in [3.05, 3.63) is 42.7 Å². The smallest absolute Gasteiger partial charge is 0.161 e. The maximum atomic E-state index is 4.38. The summed E-state index contributed by atoms with van der Waals surface area (Å²) >= 11 is 0. The summed E-state index contributed by atoms with van der Waals surface area (Å²) in [5.41, 5.74) is 2.54. The highest BCUT2D eigenvalue weighted by molar-refractivity contribution is 6.84. The third kappa shape index (κ3) is 2.65. The summed E-state index contributed by atoms with van der Waals surface area (Å²) < 4.78 is 4.49. The molecule has 0 amide bonds. The number of aryl methyl sites for hydroxylation is 1. The van der Waals surface area contributed by atoms with Crippen LogP contribution in [0.1, 0.15) is 20.8 Å². The summed E-state index contributed by atoms with van der Waals surface area (Å²) in [6.45, 7) is 7.02. The summed E-state index contributed by atoms with van der Waals surface area (Å²) in [6, 6.07) is 14.5. The van der Waals surface area contributed by atoms with Crippen molar-refractivity contribution in [1.29, 1.82) is 0 Å². The van der Waals surface area contributed by atoms with Crippen molar-refractivity contribution in [3.8, 4) is 0 Å². The molecule has 0 aliphatic rings. The first-order chi connectivity index (χ1) is 9.66. The fourth-order valence-corrected chi connectivity index (χ4v) is 6.83. The largest absolute Gasteiger partial charge is 0.366 e. The van der Waals surface area contributed by atoms with E-state index in [4.69, 9.17) is 0 Å². The molecule has 0 aliphatic heterocycles. The highest BCUT2D eigenvalue weighted by Crippen LogP contribution is 2.36. The van der Waals surface area contributed by atoms with Crippen molar-refractivity contribution in [2.75, 3.05) is 4.57 Å². The normalized spacial score (nSPS) is 11.6. The Morgan fingerprint density at radius 2 is 1.60 bits per heavy atom. The number of aromatic nitrogens is 2. The summed E-state index contributed by atoms with van der Waals surface area (Å²) in [6.07, 6.45) is 4.13. The lowest BCUT2D eigenvalue weighted by molar-refractivity contribution is 0.768. The average molecular weight is 287 g/mol. The number of hydrogen-bond donors (Lipinski definition) is 0. The number of hydrogen-bond acceptors (Lipinski definition) is 2. The molecular weight excluding hydrogens is 262 g/mol. The molecule has 0 fully saturated rings. The average Bonchev–Trinajstić information content (AvgIpc) is 2.91. The van der Waals surface area contributed by atoms with Gasteiger partial charge in [0.2, 0.25) is 0 Å². The third-order valence-electron chi connectivity index (χ3n) is 4.41. The Morgan fingerprint density at radius 1 is 1.00 bits per heavy atom. The van der Waals surface area contributed by atoms with Gasteiger partial charge in [-0.3, -0.25) is 4.68 Å². The van der Waals surface area contributed by atoms with Gasteiger partial charge in [-0.1, -0.05) is 39.0 Å². The number of anilines is 2. The molecule has 0 saturated heterocycles. The molecular formula is C16H25N3Si. The molecule has 0 spiro atoms. The van der Waals surface area contributed by atoms with Crippen molar-refractivity contribution in [3.63, 3.8) is 0 Å². The van der Waals surface area contributed by atoms with Crippen LogP contribution in [0.3, 0.4) is 0 Å². The number of benzene rings is 1. The van der Waals surface area contributed by atoms with Gasteiger partial charge in [0.05, 0.1) is 11.9 Å². The molecule has 0 radical (unpaired) electrons. The van der Waals surface area contributed by atoms with Gasteiger partial charge in [0.25, 0.3) is 0 Å². The monoisotopic (exact) mass is 287 g/mol. The maximum Gasteiger partial charge on any atom is 0.161 e. The van der Waals surface area contributed by atoms with Gasteiger partial charge in [-0.25, -0.2) is 0 Å². The molecule has 0 atom stereocenters. The Labute approximate surface area is 123 Å². The van der Waals surface area contributed by atoms with E-state index in [1.54, 1.807) is 0 Å². The fraction of sp³-hybridized carbons (Fsp3) is 0.438. The topological polar surface area (TPSA) is 21.1 Å². The molecule has 1 aromatic carbocycles. The Balaban J connectivity index is 2.55. The molecule has 2 rings (SSSR count). The van der Waals surface area contributed by atoms with Crippen molar-refractivity contribution in [1.82, 2.24) is 9.78 Å². The van der Waals surface area contributed by atoms with Gasteiger partial charge in [0.15, 0.2) is 8.24 Å². The summed E-state index contributed by atoms with van der Waals surface area (Å²) in [5, 5.41) is 4.38. The van der Waals surface area contributed by atoms with E-state index in [0.29, 0.717) is 0 Å². The first-order valence-electron chi connectivity index (χ1n) is 7.50. The van der Waals surface area contributed by atoms with Crippen LogP contribution < -0.4 is 4.57 Å². The predicted octanol–water partition coefficient (Wildman–Crippen LogP) is 4.56. The second kappa shape index (κ2) is 6.26. The molecule has 0 N–H and O–H groups in total. The van der Waals surface area contributed by atoms with E-state index in [1.165, 1.54) is 29.5 Å². The molecule has 0 unspecified atom stereocenters. The molecule has 3 nitrogen and oxygen atoms in total. The van der Waals surface area contributed by atoms with Gasteiger partial charge < -0.3 is 4.57 Å².